The van der Waals surface area contributed by atoms with E-state index in [-0.39, 0.29) is 0 Å². The zero-order valence-electron chi connectivity index (χ0n) is 8.75. The summed E-state index contributed by atoms with van der Waals surface area (Å²) in [5.41, 5.74) is 0.946. The van der Waals surface area contributed by atoms with E-state index in [0.717, 1.165) is 5.56 Å². The summed E-state index contributed by atoms with van der Waals surface area (Å²) in [5.74, 6) is 4.99. The fourth-order valence-corrected chi connectivity index (χ4v) is 2.69. The number of hydrogen-bond donors (Lipinski definition) is 0. The van der Waals surface area contributed by atoms with Crippen molar-refractivity contribution in [3.8, 4) is 12.3 Å². The quantitative estimate of drug-likeness (QED) is 0.500. The molecule has 2 aliphatic carbocycles. The van der Waals surface area contributed by atoms with Crippen LogP contribution in [0.2, 0.25) is 0 Å². The van der Waals surface area contributed by atoms with Crippen LogP contribution in [0.5, 0.6) is 0 Å². The lowest BCUT2D eigenvalue weighted by Gasteiger charge is -2.46. The van der Waals surface area contributed by atoms with Crippen molar-refractivity contribution in [2.75, 3.05) is 0 Å². The largest absolute Gasteiger partial charge is 0.115 e. The van der Waals surface area contributed by atoms with E-state index >= 15 is 0 Å². The van der Waals surface area contributed by atoms with Crippen molar-refractivity contribution in [2.45, 2.75) is 25.7 Å². The third-order valence-electron chi connectivity index (χ3n) is 3.47. The van der Waals surface area contributed by atoms with Crippen LogP contribution in [0.25, 0.3) is 0 Å². The van der Waals surface area contributed by atoms with Gasteiger partial charge in [0.1, 0.15) is 0 Å². The van der Waals surface area contributed by atoms with Gasteiger partial charge >= 0.3 is 0 Å². The van der Waals surface area contributed by atoms with Gasteiger partial charge in [0.25, 0.3) is 0 Å². The van der Waals surface area contributed by atoms with Gasteiger partial charge in [-0.3, -0.25) is 0 Å². The second-order valence-electron chi connectivity index (χ2n) is 4.33. The SMILES string of the molecule is C#Cc1cccc(I)c1.C1CC2CCC12. The molecule has 15 heavy (non-hydrogen) atoms. The summed E-state index contributed by atoms with van der Waals surface area (Å²) in [6.07, 6.45) is 11.4. The number of benzene rings is 1. The van der Waals surface area contributed by atoms with Gasteiger partial charge < -0.3 is 0 Å². The first-order valence-electron chi connectivity index (χ1n) is 5.52. The molecule has 3 rings (SSSR count). The molecule has 0 spiro atoms. The average molecular weight is 310 g/mol. The van der Waals surface area contributed by atoms with Crippen LogP contribution in [-0.2, 0) is 0 Å². The minimum absolute atomic E-state index is 0.946. The summed E-state index contributed by atoms with van der Waals surface area (Å²) in [7, 11) is 0. The Balaban J connectivity index is 0.000000121. The Morgan fingerprint density at radius 3 is 2.00 bits per heavy atom. The average Bonchev–Trinajstić information content (AvgIpc) is 2.24. The Bertz CT molecular complexity index is 357. The number of hydrogen-bond acceptors (Lipinski definition) is 0. The summed E-state index contributed by atoms with van der Waals surface area (Å²) >= 11 is 2.23. The van der Waals surface area contributed by atoms with Crippen LogP contribution in [0.4, 0.5) is 0 Å². The highest BCUT2D eigenvalue weighted by atomic mass is 127. The molecule has 1 aromatic carbocycles. The molecule has 1 heteroatoms. The molecule has 0 nitrogen and oxygen atoms in total. The Morgan fingerprint density at radius 1 is 1.13 bits per heavy atom. The molecule has 0 saturated heterocycles. The summed E-state index contributed by atoms with van der Waals surface area (Å²) in [6.45, 7) is 0. The minimum atomic E-state index is 0.946. The van der Waals surface area contributed by atoms with Crippen molar-refractivity contribution in [3.63, 3.8) is 0 Å². The third kappa shape index (κ3) is 2.75. The summed E-state index contributed by atoms with van der Waals surface area (Å²) in [4.78, 5) is 0. The van der Waals surface area contributed by atoms with Gasteiger partial charge in [0.05, 0.1) is 0 Å². The van der Waals surface area contributed by atoms with E-state index in [2.05, 4.69) is 28.5 Å². The van der Waals surface area contributed by atoms with Gasteiger partial charge in [-0.15, -0.1) is 6.42 Å². The molecule has 0 atom stereocenters. The van der Waals surface area contributed by atoms with Crippen LogP contribution < -0.4 is 0 Å². The van der Waals surface area contributed by atoms with E-state index in [0.29, 0.717) is 0 Å². The van der Waals surface area contributed by atoms with Crippen LogP contribution in [0.15, 0.2) is 24.3 Å². The predicted octanol–water partition coefficient (Wildman–Crippen LogP) is 4.08. The smallest absolute Gasteiger partial charge is 0.0253 e. The van der Waals surface area contributed by atoms with Crippen molar-refractivity contribution in [1.82, 2.24) is 0 Å². The van der Waals surface area contributed by atoms with Gasteiger partial charge in [-0.05, 0) is 78.3 Å². The molecule has 0 bridgehead atoms. The molecule has 1 aromatic rings. The number of terminal acetylenes is 1. The lowest BCUT2D eigenvalue weighted by molar-refractivity contribution is 0.0548. The van der Waals surface area contributed by atoms with E-state index in [9.17, 15) is 0 Å². The van der Waals surface area contributed by atoms with Crippen LogP contribution in [-0.4, -0.2) is 0 Å². The highest BCUT2D eigenvalue weighted by Crippen LogP contribution is 2.49. The van der Waals surface area contributed by atoms with Gasteiger partial charge in [-0.1, -0.05) is 12.0 Å². The Hall–Kier alpha value is -0.490. The fourth-order valence-electron chi connectivity index (χ4n) is 2.14. The summed E-state index contributed by atoms with van der Waals surface area (Å²) in [5, 5.41) is 0. The Labute approximate surface area is 106 Å². The monoisotopic (exact) mass is 310 g/mol. The van der Waals surface area contributed by atoms with Gasteiger partial charge in [0.15, 0.2) is 0 Å². The van der Waals surface area contributed by atoms with Crippen molar-refractivity contribution in [2.24, 2.45) is 11.8 Å². The number of fused-ring (bicyclic) bond motifs is 1. The molecule has 0 radical (unpaired) electrons. The molecule has 0 amide bonds. The molecule has 2 aliphatic rings. The first-order chi connectivity index (χ1) is 7.29. The van der Waals surface area contributed by atoms with Crippen molar-refractivity contribution in [3.05, 3.63) is 33.4 Å². The minimum Gasteiger partial charge on any atom is -0.115 e. The van der Waals surface area contributed by atoms with Crippen LogP contribution in [0.3, 0.4) is 0 Å². The van der Waals surface area contributed by atoms with E-state index < -0.39 is 0 Å². The second kappa shape index (κ2) is 5.03. The van der Waals surface area contributed by atoms with Crippen molar-refractivity contribution < 1.29 is 0 Å². The first-order valence-corrected chi connectivity index (χ1v) is 6.59. The lowest BCUT2D eigenvalue weighted by atomic mass is 9.60. The maximum atomic E-state index is 5.17. The molecule has 2 saturated carbocycles. The van der Waals surface area contributed by atoms with E-state index in [1.54, 1.807) is 25.7 Å². The number of rotatable bonds is 0. The van der Waals surface area contributed by atoms with E-state index in [1.165, 1.54) is 15.4 Å². The van der Waals surface area contributed by atoms with Crippen LogP contribution >= 0.6 is 22.6 Å². The summed E-state index contributed by atoms with van der Waals surface area (Å²) in [6, 6.07) is 7.86. The van der Waals surface area contributed by atoms with Gasteiger partial charge in [-0.2, -0.15) is 0 Å². The molecule has 0 heterocycles. The van der Waals surface area contributed by atoms with Gasteiger partial charge in [-0.25, -0.2) is 0 Å². The second-order valence-corrected chi connectivity index (χ2v) is 5.58. The zero-order valence-corrected chi connectivity index (χ0v) is 10.9. The maximum Gasteiger partial charge on any atom is 0.0253 e. The molecule has 2 fully saturated rings. The maximum absolute atomic E-state index is 5.17. The topological polar surface area (TPSA) is 0 Å². The molecular formula is C14H15I. The highest BCUT2D eigenvalue weighted by molar-refractivity contribution is 14.1. The lowest BCUT2D eigenvalue weighted by Crippen LogP contribution is -2.34. The molecule has 0 aliphatic heterocycles. The van der Waals surface area contributed by atoms with E-state index in [1.807, 2.05) is 24.3 Å². The van der Waals surface area contributed by atoms with Crippen molar-refractivity contribution in [1.29, 1.82) is 0 Å². The first kappa shape index (κ1) is 11.0. The fraction of sp³-hybridized carbons (Fsp3) is 0.429. The molecule has 0 N–H and O–H groups in total. The highest BCUT2D eigenvalue weighted by Gasteiger charge is 2.37. The predicted molar refractivity (Wildman–Crippen MR) is 72.5 cm³/mol. The normalized spacial score (nSPS) is 25.9. The Kier molecular flexibility index (Phi) is 3.69. The van der Waals surface area contributed by atoms with Crippen LogP contribution in [0.1, 0.15) is 31.2 Å². The third-order valence-corrected chi connectivity index (χ3v) is 4.15. The molecule has 0 unspecified atom stereocenters. The van der Waals surface area contributed by atoms with Gasteiger partial charge in [0, 0.05) is 9.13 Å². The zero-order chi connectivity index (χ0) is 10.7. The molecular weight excluding hydrogens is 295 g/mol. The van der Waals surface area contributed by atoms with Gasteiger partial charge in [0.2, 0.25) is 0 Å². The Morgan fingerprint density at radius 2 is 1.73 bits per heavy atom. The van der Waals surface area contributed by atoms with Crippen LogP contribution in [0, 0.1) is 27.7 Å². The summed E-state index contributed by atoms with van der Waals surface area (Å²) < 4.78 is 1.18. The molecule has 78 valence electrons. The van der Waals surface area contributed by atoms with Crippen molar-refractivity contribution >= 4 is 22.6 Å². The number of halogens is 1. The van der Waals surface area contributed by atoms with E-state index in [4.69, 9.17) is 6.42 Å². The molecule has 0 aromatic heterocycles. The standard InChI is InChI=1S/C8H5I.C6H10/c1-2-7-4-3-5-8(9)6-7;1-2-6-4-3-5(1)6/h1,3-6H;5-6H,1-4H2.